The van der Waals surface area contributed by atoms with Crippen molar-refractivity contribution in [3.63, 3.8) is 0 Å². The van der Waals surface area contributed by atoms with Gasteiger partial charge in [-0.1, -0.05) is 30.3 Å². The van der Waals surface area contributed by atoms with Gasteiger partial charge in [0.1, 0.15) is 5.01 Å². The Bertz CT molecular complexity index is 1270. The summed E-state index contributed by atoms with van der Waals surface area (Å²) in [6, 6.07) is 12.2. The maximum absolute atomic E-state index is 12.9. The number of amides is 1. The van der Waals surface area contributed by atoms with Gasteiger partial charge in [-0.15, -0.1) is 11.3 Å². The maximum atomic E-state index is 12.9. The molecule has 0 saturated heterocycles. The number of hydrogen-bond acceptors (Lipinski definition) is 5. The van der Waals surface area contributed by atoms with Gasteiger partial charge >= 0.3 is 6.18 Å². The third-order valence-corrected chi connectivity index (χ3v) is 7.90. The monoisotopic (exact) mass is 495 g/mol. The Kier molecular flexibility index (Phi) is 6.44. The van der Waals surface area contributed by atoms with Gasteiger partial charge < -0.3 is 5.32 Å². The molecule has 33 heavy (non-hydrogen) atoms. The number of carbonyl (C=O) groups is 1. The lowest BCUT2D eigenvalue weighted by Gasteiger charge is -2.19. The first-order chi connectivity index (χ1) is 15.6. The third-order valence-electron chi connectivity index (χ3n) is 5.19. The number of aromatic nitrogens is 1. The topological polar surface area (TPSA) is 79.4 Å². The fourth-order valence-corrected chi connectivity index (χ4v) is 5.85. The van der Waals surface area contributed by atoms with Gasteiger partial charge in [0.05, 0.1) is 29.1 Å². The number of carbonyl (C=O) groups excluding carboxylic acids is 1. The molecular formula is C22H20F3N3O3S2. The highest BCUT2D eigenvalue weighted by atomic mass is 32.2. The second-order valence-corrected chi connectivity index (χ2v) is 10.4. The van der Waals surface area contributed by atoms with Gasteiger partial charge in [-0.25, -0.2) is 13.4 Å². The molecule has 0 saturated carbocycles. The van der Waals surface area contributed by atoms with Crippen LogP contribution in [-0.4, -0.2) is 38.2 Å². The van der Waals surface area contributed by atoms with E-state index in [4.69, 9.17) is 0 Å². The number of benzene rings is 2. The molecule has 174 valence electrons. The molecule has 0 spiro atoms. The summed E-state index contributed by atoms with van der Waals surface area (Å²) in [5.41, 5.74) is 1.61. The van der Waals surface area contributed by atoms with E-state index < -0.39 is 27.7 Å². The molecule has 1 N–H and O–H groups in total. The first kappa shape index (κ1) is 23.2. The first-order valence-corrected chi connectivity index (χ1v) is 12.6. The van der Waals surface area contributed by atoms with Crippen LogP contribution in [0, 0.1) is 0 Å². The van der Waals surface area contributed by atoms with Crippen molar-refractivity contribution >= 4 is 33.0 Å². The number of nitrogens with one attached hydrogen (secondary N) is 1. The van der Waals surface area contributed by atoms with Gasteiger partial charge in [-0.3, -0.25) is 9.10 Å². The van der Waals surface area contributed by atoms with Crippen LogP contribution in [0.5, 0.6) is 0 Å². The molecule has 0 atom stereocenters. The molecule has 2 aromatic carbocycles. The van der Waals surface area contributed by atoms with E-state index in [0.717, 1.165) is 29.0 Å². The first-order valence-electron chi connectivity index (χ1n) is 10.1. The van der Waals surface area contributed by atoms with Crippen molar-refractivity contribution in [1.29, 1.82) is 0 Å². The lowest BCUT2D eigenvalue weighted by Crippen LogP contribution is -2.37. The van der Waals surface area contributed by atoms with Crippen LogP contribution in [0.25, 0.3) is 10.6 Å². The van der Waals surface area contributed by atoms with E-state index in [9.17, 15) is 26.4 Å². The van der Waals surface area contributed by atoms with E-state index in [-0.39, 0.29) is 18.7 Å². The largest absolute Gasteiger partial charge is 0.416 e. The van der Waals surface area contributed by atoms with Gasteiger partial charge in [0, 0.05) is 24.0 Å². The molecule has 0 radical (unpaired) electrons. The van der Waals surface area contributed by atoms with E-state index in [2.05, 4.69) is 10.3 Å². The molecular weight excluding hydrogens is 475 g/mol. The minimum atomic E-state index is -4.45. The summed E-state index contributed by atoms with van der Waals surface area (Å²) in [6.07, 6.45) is -3.89. The van der Waals surface area contributed by atoms with Crippen LogP contribution in [0.4, 0.5) is 18.9 Å². The summed E-state index contributed by atoms with van der Waals surface area (Å²) < 4.78 is 65.5. The summed E-state index contributed by atoms with van der Waals surface area (Å²) in [5, 5.41) is 4.56. The van der Waals surface area contributed by atoms with Crippen molar-refractivity contribution < 1.29 is 26.4 Å². The molecule has 3 aromatic rings. The van der Waals surface area contributed by atoms with E-state index in [0.29, 0.717) is 34.9 Å². The van der Waals surface area contributed by atoms with E-state index in [1.807, 2.05) is 12.1 Å². The Balaban J connectivity index is 1.32. The molecule has 1 aliphatic rings. The molecule has 1 aliphatic heterocycles. The number of nitrogens with zero attached hydrogens (tertiary/aromatic N) is 2. The fourth-order valence-electron chi connectivity index (χ4n) is 3.60. The molecule has 0 fully saturated rings. The highest BCUT2D eigenvalue weighted by Crippen LogP contribution is 2.33. The molecule has 0 aliphatic carbocycles. The fraction of sp³-hybridized carbons (Fsp3) is 0.273. The van der Waals surface area contributed by atoms with Gasteiger partial charge in [0.25, 0.3) is 0 Å². The normalized spacial score (nSPS) is 13.7. The van der Waals surface area contributed by atoms with Gasteiger partial charge in [-0.05, 0) is 30.2 Å². The van der Waals surface area contributed by atoms with Crippen LogP contribution in [0.1, 0.15) is 16.8 Å². The Labute approximate surface area is 193 Å². The SMILES string of the molecule is O=C(Cc1csc(-c2cccc(C(F)(F)F)c2)n1)NCCS(=O)(=O)N1CCc2ccccc21. The zero-order valence-electron chi connectivity index (χ0n) is 17.3. The summed E-state index contributed by atoms with van der Waals surface area (Å²) >= 11 is 1.14. The van der Waals surface area contributed by atoms with Crippen LogP contribution in [0.15, 0.2) is 53.9 Å². The van der Waals surface area contributed by atoms with E-state index in [1.54, 1.807) is 17.5 Å². The number of para-hydroxylation sites is 1. The third kappa shape index (κ3) is 5.36. The minimum Gasteiger partial charge on any atom is -0.355 e. The predicted molar refractivity (Wildman–Crippen MR) is 121 cm³/mol. The number of anilines is 1. The van der Waals surface area contributed by atoms with Crippen molar-refractivity contribution in [3.8, 4) is 10.6 Å². The standard InChI is InChI=1S/C22H20F3N3O3S2/c23-22(24,25)17-6-3-5-16(12-17)21-27-18(14-32-21)13-20(29)26-9-11-33(30,31)28-10-8-15-4-1-2-7-19(15)28/h1-7,12,14H,8-11,13H2,(H,26,29). The van der Waals surface area contributed by atoms with Crippen LogP contribution in [0.3, 0.4) is 0 Å². The summed E-state index contributed by atoms with van der Waals surface area (Å²) in [4.78, 5) is 16.5. The number of alkyl halides is 3. The summed E-state index contributed by atoms with van der Waals surface area (Å²) in [5.74, 6) is -0.646. The Morgan fingerprint density at radius 2 is 1.94 bits per heavy atom. The van der Waals surface area contributed by atoms with Crippen LogP contribution < -0.4 is 9.62 Å². The predicted octanol–water partition coefficient (Wildman–Crippen LogP) is 3.88. The van der Waals surface area contributed by atoms with Crippen LogP contribution in [0.2, 0.25) is 0 Å². The Morgan fingerprint density at radius 1 is 1.15 bits per heavy atom. The Morgan fingerprint density at radius 3 is 2.73 bits per heavy atom. The molecule has 4 rings (SSSR count). The molecule has 2 heterocycles. The smallest absolute Gasteiger partial charge is 0.355 e. The van der Waals surface area contributed by atoms with E-state index >= 15 is 0 Å². The van der Waals surface area contributed by atoms with Crippen molar-refractivity contribution in [2.45, 2.75) is 19.0 Å². The quantitative estimate of drug-likeness (QED) is 0.540. The average molecular weight is 496 g/mol. The second kappa shape index (κ2) is 9.14. The van der Waals surface area contributed by atoms with Crippen LogP contribution in [-0.2, 0) is 33.8 Å². The second-order valence-electron chi connectivity index (χ2n) is 7.52. The zero-order valence-corrected chi connectivity index (χ0v) is 18.9. The van der Waals surface area contributed by atoms with Crippen molar-refractivity contribution in [1.82, 2.24) is 10.3 Å². The number of rotatable bonds is 7. The summed E-state index contributed by atoms with van der Waals surface area (Å²) in [7, 11) is -3.58. The lowest BCUT2D eigenvalue weighted by atomic mass is 10.1. The molecule has 1 aromatic heterocycles. The summed E-state index contributed by atoms with van der Waals surface area (Å²) in [6.45, 7) is 0.331. The van der Waals surface area contributed by atoms with Crippen molar-refractivity contribution in [2.24, 2.45) is 0 Å². The van der Waals surface area contributed by atoms with Crippen molar-refractivity contribution in [2.75, 3.05) is 23.1 Å². The van der Waals surface area contributed by atoms with Gasteiger partial charge in [0.2, 0.25) is 15.9 Å². The van der Waals surface area contributed by atoms with Crippen molar-refractivity contribution in [3.05, 3.63) is 70.7 Å². The van der Waals surface area contributed by atoms with E-state index in [1.165, 1.54) is 16.4 Å². The molecule has 6 nitrogen and oxygen atoms in total. The average Bonchev–Trinajstić information content (AvgIpc) is 3.40. The highest BCUT2D eigenvalue weighted by Gasteiger charge is 2.31. The Hall–Kier alpha value is -2.92. The number of thiazole rings is 1. The van der Waals surface area contributed by atoms with Crippen LogP contribution >= 0.6 is 11.3 Å². The number of sulfonamides is 1. The number of hydrogen-bond donors (Lipinski definition) is 1. The van der Waals surface area contributed by atoms with Gasteiger partial charge in [-0.2, -0.15) is 13.2 Å². The minimum absolute atomic E-state index is 0.0511. The zero-order chi connectivity index (χ0) is 23.6. The number of fused-ring (bicyclic) bond motifs is 1. The molecule has 0 unspecified atom stereocenters. The lowest BCUT2D eigenvalue weighted by molar-refractivity contribution is -0.137. The molecule has 11 heteroatoms. The molecule has 1 amide bonds. The maximum Gasteiger partial charge on any atom is 0.416 e. The number of halogens is 3. The molecule has 0 bridgehead atoms. The van der Waals surface area contributed by atoms with Gasteiger partial charge in [0.15, 0.2) is 0 Å². The highest BCUT2D eigenvalue weighted by molar-refractivity contribution is 7.92.